The van der Waals surface area contributed by atoms with Crippen LogP contribution in [0.1, 0.15) is 5.56 Å². The molecule has 0 aliphatic rings. The van der Waals surface area contributed by atoms with Crippen molar-refractivity contribution in [3.8, 4) is 0 Å². The molecule has 2 aromatic carbocycles. The van der Waals surface area contributed by atoms with Gasteiger partial charge in [-0.15, -0.1) is 15.3 Å². The molecule has 18 heteroatoms. The number of H-pyrrole nitrogens is 1. The van der Waals surface area contributed by atoms with Crippen LogP contribution in [0.3, 0.4) is 0 Å². The van der Waals surface area contributed by atoms with E-state index < -0.39 is 30.0 Å². The van der Waals surface area contributed by atoms with Crippen LogP contribution in [-0.4, -0.2) is 52.4 Å². The van der Waals surface area contributed by atoms with E-state index in [1.165, 1.54) is 0 Å². The quantitative estimate of drug-likeness (QED) is 0.0824. The molecule has 1 heterocycles. The minimum absolute atomic E-state index is 0. The molecule has 0 unspecified atom stereocenters. The van der Waals surface area contributed by atoms with Crippen LogP contribution in [-0.2, 0) is 20.2 Å². The molecule has 0 aliphatic carbocycles. The molecule has 3 rings (SSSR count). The number of hydrazone groups is 1. The molecule has 156 valence electrons. The van der Waals surface area contributed by atoms with Crippen molar-refractivity contribution in [2.75, 3.05) is 5.43 Å². The second-order valence-corrected chi connectivity index (χ2v) is 8.12. The number of nitrogens with zero attached hydrogens (tertiary/aromatic N) is 6. The van der Waals surface area contributed by atoms with Gasteiger partial charge in [-0.3, -0.25) is 5.43 Å². The molecule has 0 spiro atoms. The Morgan fingerprint density at radius 1 is 0.969 bits per heavy atom. The zero-order chi connectivity index (χ0) is 21.8. The molecule has 1 aromatic heterocycles. The van der Waals surface area contributed by atoms with E-state index in [0.29, 0.717) is 11.6 Å². The van der Waals surface area contributed by atoms with Gasteiger partial charge in [0.05, 0.1) is 15.5 Å². The van der Waals surface area contributed by atoms with Gasteiger partial charge in [0.2, 0.25) is 5.84 Å². The molecule has 0 radical (unpaired) electrons. The monoisotopic (exact) mass is 496 g/mol. The van der Waals surface area contributed by atoms with E-state index in [0.717, 1.165) is 12.1 Å². The Labute approximate surface area is 226 Å². The first-order valence-corrected chi connectivity index (χ1v) is 10.6. The third-order valence-electron chi connectivity index (χ3n) is 3.39. The summed E-state index contributed by atoms with van der Waals surface area (Å²) in [5.41, 5.74) is 2.39. The summed E-state index contributed by atoms with van der Waals surface area (Å²) in [4.78, 5) is -1.86. The van der Waals surface area contributed by atoms with Crippen LogP contribution >= 0.6 is 0 Å². The zero-order valence-electron chi connectivity index (χ0n) is 16.6. The number of rotatable bonds is 6. The van der Waals surface area contributed by atoms with Crippen molar-refractivity contribution in [3.63, 3.8) is 0 Å². The Morgan fingerprint density at radius 3 is 2.22 bits per heavy atom. The molecule has 32 heavy (non-hydrogen) atoms. The number of hydrogen-bond acceptors (Lipinski definition) is 12. The van der Waals surface area contributed by atoms with Gasteiger partial charge in [0.1, 0.15) is 20.2 Å². The van der Waals surface area contributed by atoms with E-state index in [1.807, 2.05) is 0 Å². The fourth-order valence-corrected chi connectivity index (χ4v) is 3.32. The number of aromatic amines is 1. The summed E-state index contributed by atoms with van der Waals surface area (Å²) in [5.74, 6) is -0.165. The second kappa shape index (κ2) is 12.0. The molecule has 0 fully saturated rings. The van der Waals surface area contributed by atoms with Gasteiger partial charge in [-0.05, 0) is 23.4 Å². The van der Waals surface area contributed by atoms with E-state index in [2.05, 4.69) is 41.4 Å². The van der Waals surface area contributed by atoms with Gasteiger partial charge in [0, 0.05) is 5.56 Å². The van der Waals surface area contributed by atoms with Crippen molar-refractivity contribution in [1.82, 2.24) is 20.6 Å². The summed E-state index contributed by atoms with van der Waals surface area (Å²) >= 11 is 0. The smallest absolute Gasteiger partial charge is 0.744 e. The minimum atomic E-state index is -5.15. The number of nitrogens with one attached hydrogen (secondary N) is 2. The van der Waals surface area contributed by atoms with Crippen molar-refractivity contribution in [2.24, 2.45) is 15.3 Å². The molecule has 0 atom stereocenters. The van der Waals surface area contributed by atoms with Gasteiger partial charge in [-0.2, -0.15) is 10.3 Å². The summed E-state index contributed by atoms with van der Waals surface area (Å²) in [6, 6.07) is 10.5. The van der Waals surface area contributed by atoms with Crippen LogP contribution in [0, 0.1) is 0 Å². The first-order chi connectivity index (χ1) is 14.1. The van der Waals surface area contributed by atoms with Crippen molar-refractivity contribution >= 4 is 37.7 Å². The first kappa shape index (κ1) is 28.4. The summed E-state index contributed by atoms with van der Waals surface area (Å²) in [6.07, 6.45) is 0. The largest absolute Gasteiger partial charge is 1.00 e. The normalized spacial score (nSPS) is 12.1. The van der Waals surface area contributed by atoms with Gasteiger partial charge in [0.25, 0.3) is 0 Å². The van der Waals surface area contributed by atoms with E-state index in [4.69, 9.17) is 0 Å². The van der Waals surface area contributed by atoms with Gasteiger partial charge in [-0.1, -0.05) is 35.4 Å². The topological polar surface area (TPSA) is 218 Å². The second-order valence-electron chi connectivity index (χ2n) is 5.39. The first-order valence-electron chi connectivity index (χ1n) is 7.75. The number of aromatic nitrogens is 4. The third-order valence-corrected chi connectivity index (χ3v) is 5.10. The number of amidine groups is 1. The average molecular weight is 496 g/mol. The van der Waals surface area contributed by atoms with E-state index in [-0.39, 0.29) is 76.6 Å². The molecule has 0 amide bonds. The molecule has 0 saturated carbocycles. The third kappa shape index (κ3) is 7.77. The van der Waals surface area contributed by atoms with Gasteiger partial charge in [0.15, 0.2) is 0 Å². The van der Waals surface area contributed by atoms with Crippen LogP contribution in [0.15, 0.2) is 73.7 Å². The molecule has 0 saturated heterocycles. The molecular weight excluding hydrogens is 486 g/mol. The predicted octanol–water partition coefficient (Wildman–Crippen LogP) is -5.43. The number of hydrogen-bond donors (Lipinski definition) is 2. The Bertz CT molecular complexity index is 1320. The van der Waals surface area contributed by atoms with Crippen LogP contribution < -0.4 is 64.5 Å². The molecule has 14 nitrogen and oxygen atoms in total. The van der Waals surface area contributed by atoms with Crippen LogP contribution in [0.5, 0.6) is 0 Å². The fraction of sp³-hybridized carbons (Fsp3) is 0. The maximum atomic E-state index is 11.5. The number of azo groups is 1. The maximum Gasteiger partial charge on any atom is 1.00 e. The standard InChI is InChI=1S/C14H12N8O6S2.2Na/c23-29(24,25)10-6-7-11(12(8-10)30(26,27)28)15-16-13(9-4-2-1-3-5-9)17-18-14-19-21-22-20-14;;/h1-8,15H,(H,23,24,25)(H,26,27,28)(H,19,20,21,22);;/q;2*+1/p-2. The van der Waals surface area contributed by atoms with Crippen molar-refractivity contribution < 1.29 is 85.1 Å². The van der Waals surface area contributed by atoms with E-state index >= 15 is 0 Å². The Hall–Kier alpha value is -1.60. The fourth-order valence-electron chi connectivity index (χ4n) is 2.09. The predicted molar refractivity (Wildman–Crippen MR) is 97.7 cm³/mol. The number of tetrazole rings is 1. The van der Waals surface area contributed by atoms with E-state index in [1.54, 1.807) is 30.3 Å². The van der Waals surface area contributed by atoms with Crippen molar-refractivity contribution in [3.05, 3.63) is 54.1 Å². The molecule has 3 aromatic rings. The summed E-state index contributed by atoms with van der Waals surface area (Å²) in [6.45, 7) is 0. The molecular formula is C14H10N8Na2O6S2. The maximum absolute atomic E-state index is 11.5. The van der Waals surface area contributed by atoms with E-state index in [9.17, 15) is 25.9 Å². The molecule has 0 bridgehead atoms. The van der Waals surface area contributed by atoms with Crippen molar-refractivity contribution in [1.29, 1.82) is 0 Å². The summed E-state index contributed by atoms with van der Waals surface area (Å²) < 4.78 is 67.9. The van der Waals surface area contributed by atoms with Crippen LogP contribution in [0.4, 0.5) is 11.6 Å². The zero-order valence-corrected chi connectivity index (χ0v) is 22.2. The summed E-state index contributed by atoms with van der Waals surface area (Å²) in [7, 11) is -10.1. The Kier molecular flexibility index (Phi) is 10.7. The SMILES string of the molecule is O=S(=O)([O-])c1ccc(NN=C(N=Nc2nn[nH]n2)c2ccccc2)c(S(=O)(=O)[O-])c1.[Na+].[Na+]. The van der Waals surface area contributed by atoms with Crippen LogP contribution in [0.25, 0.3) is 0 Å². The van der Waals surface area contributed by atoms with Gasteiger partial charge < -0.3 is 9.11 Å². The molecule has 2 N–H and O–H groups in total. The number of benzene rings is 2. The minimum Gasteiger partial charge on any atom is -0.744 e. The van der Waals surface area contributed by atoms with Gasteiger partial charge in [-0.25, -0.2) is 16.8 Å². The van der Waals surface area contributed by atoms with Gasteiger partial charge >= 0.3 is 65.1 Å². The van der Waals surface area contributed by atoms with Crippen LogP contribution in [0.2, 0.25) is 0 Å². The Morgan fingerprint density at radius 2 is 1.66 bits per heavy atom. The Balaban J connectivity index is 0.00000256. The van der Waals surface area contributed by atoms with Crippen molar-refractivity contribution in [2.45, 2.75) is 9.79 Å². The summed E-state index contributed by atoms with van der Waals surface area (Å²) in [5, 5.41) is 24.2. The molecule has 0 aliphatic heterocycles. The average Bonchev–Trinajstić information content (AvgIpc) is 3.21. The number of anilines is 1.